The number of carbonyl (C=O) groups excluding carboxylic acids is 3. The molecule has 0 aliphatic carbocycles. The monoisotopic (exact) mass is 425 g/mol. The van der Waals surface area contributed by atoms with Gasteiger partial charge in [0.2, 0.25) is 5.91 Å². The summed E-state index contributed by atoms with van der Waals surface area (Å²) < 4.78 is 5.47. The molecule has 2 aromatic carbocycles. The normalized spacial score (nSPS) is 10.5. The van der Waals surface area contributed by atoms with Crippen molar-refractivity contribution >= 4 is 23.4 Å². The van der Waals surface area contributed by atoms with Gasteiger partial charge in [-0.3, -0.25) is 14.4 Å². The van der Waals surface area contributed by atoms with E-state index >= 15 is 0 Å². The number of hydrogen-bond donors (Lipinski definition) is 3. The summed E-state index contributed by atoms with van der Waals surface area (Å²) in [6, 6.07) is 14.0. The van der Waals surface area contributed by atoms with Crippen molar-refractivity contribution in [3.8, 4) is 5.75 Å². The van der Waals surface area contributed by atoms with Crippen LogP contribution in [0.2, 0.25) is 0 Å². The molecule has 0 aliphatic rings. The molecule has 166 valence electrons. The number of benzene rings is 2. The zero-order valence-electron chi connectivity index (χ0n) is 18.4. The van der Waals surface area contributed by atoms with E-state index in [-0.39, 0.29) is 24.1 Å². The summed E-state index contributed by atoms with van der Waals surface area (Å²) in [5.41, 5.74) is 1.37. The maximum atomic E-state index is 12.4. The minimum Gasteiger partial charge on any atom is -0.493 e. The third-order valence-electron chi connectivity index (χ3n) is 4.41. The summed E-state index contributed by atoms with van der Waals surface area (Å²) >= 11 is 0. The minimum atomic E-state index is -0.239. The van der Waals surface area contributed by atoms with Crippen LogP contribution in [0, 0.1) is 5.92 Å². The van der Waals surface area contributed by atoms with Crippen LogP contribution in [0.25, 0.3) is 0 Å². The van der Waals surface area contributed by atoms with Crippen LogP contribution in [-0.4, -0.2) is 37.4 Å². The molecule has 31 heavy (non-hydrogen) atoms. The van der Waals surface area contributed by atoms with Gasteiger partial charge in [0.25, 0.3) is 11.8 Å². The van der Waals surface area contributed by atoms with E-state index in [4.69, 9.17) is 4.74 Å². The molecule has 0 saturated heterocycles. The smallest absolute Gasteiger partial charge is 0.255 e. The van der Waals surface area contributed by atoms with Crippen molar-refractivity contribution in [1.29, 1.82) is 0 Å². The molecule has 0 radical (unpaired) electrons. The maximum Gasteiger partial charge on any atom is 0.255 e. The molecule has 7 heteroatoms. The second-order valence-electron chi connectivity index (χ2n) is 7.49. The third kappa shape index (κ3) is 7.77. The number of rotatable bonds is 11. The van der Waals surface area contributed by atoms with Gasteiger partial charge >= 0.3 is 0 Å². The molecule has 0 fully saturated rings. The molecule has 0 unspecified atom stereocenters. The van der Waals surface area contributed by atoms with Crippen LogP contribution in [0.4, 0.5) is 5.69 Å². The van der Waals surface area contributed by atoms with Crippen molar-refractivity contribution in [2.75, 3.05) is 25.0 Å². The molecule has 2 aromatic rings. The molecule has 2 rings (SSSR count). The van der Waals surface area contributed by atoms with Crippen molar-refractivity contribution in [3.05, 3.63) is 59.7 Å². The number of ether oxygens (including phenoxy) is 1. The highest BCUT2D eigenvalue weighted by Gasteiger charge is 2.14. The fourth-order valence-corrected chi connectivity index (χ4v) is 2.88. The van der Waals surface area contributed by atoms with E-state index < -0.39 is 0 Å². The second-order valence-corrected chi connectivity index (χ2v) is 7.49. The Morgan fingerprint density at radius 1 is 0.903 bits per heavy atom. The van der Waals surface area contributed by atoms with Gasteiger partial charge in [0.1, 0.15) is 5.75 Å². The Morgan fingerprint density at radius 2 is 1.55 bits per heavy atom. The van der Waals surface area contributed by atoms with Crippen molar-refractivity contribution < 1.29 is 19.1 Å². The molecule has 0 heterocycles. The lowest BCUT2D eigenvalue weighted by Gasteiger charge is -2.13. The van der Waals surface area contributed by atoms with Crippen LogP contribution >= 0.6 is 0 Å². The maximum absolute atomic E-state index is 12.4. The third-order valence-corrected chi connectivity index (χ3v) is 4.41. The van der Waals surface area contributed by atoms with E-state index in [1.54, 1.807) is 42.5 Å². The molecule has 7 nitrogen and oxygen atoms in total. The summed E-state index contributed by atoms with van der Waals surface area (Å²) in [7, 11) is 0. The Bertz CT molecular complexity index is 896. The number of para-hydroxylation sites is 2. The number of nitrogens with one attached hydrogen (secondary N) is 3. The average Bonchev–Trinajstić information content (AvgIpc) is 2.76. The Hall–Kier alpha value is -3.35. The highest BCUT2D eigenvalue weighted by atomic mass is 16.5. The SMILES string of the molecule is CCOc1ccccc1C(=O)NCCCC(=O)Nc1ccccc1C(=O)NCC(C)C. The van der Waals surface area contributed by atoms with Gasteiger partial charge in [-0.1, -0.05) is 38.1 Å². The zero-order chi connectivity index (χ0) is 22.6. The summed E-state index contributed by atoms with van der Waals surface area (Å²) in [4.78, 5) is 37.1. The topological polar surface area (TPSA) is 96.5 Å². The Balaban J connectivity index is 1.83. The number of carbonyl (C=O) groups is 3. The summed E-state index contributed by atoms with van der Waals surface area (Å²) in [5, 5.41) is 8.46. The molecule has 3 amide bonds. The van der Waals surface area contributed by atoms with Crippen LogP contribution in [-0.2, 0) is 4.79 Å². The Kier molecular flexibility index (Phi) is 9.55. The molecule has 0 spiro atoms. The minimum absolute atomic E-state index is 0.215. The van der Waals surface area contributed by atoms with E-state index in [1.807, 2.05) is 26.8 Å². The number of hydrogen-bond acceptors (Lipinski definition) is 4. The predicted molar refractivity (Wildman–Crippen MR) is 121 cm³/mol. The first-order chi connectivity index (χ1) is 14.9. The van der Waals surface area contributed by atoms with Crippen LogP contribution in [0.3, 0.4) is 0 Å². The first kappa shape index (κ1) is 23.9. The van der Waals surface area contributed by atoms with Crippen molar-refractivity contribution in [3.63, 3.8) is 0 Å². The average molecular weight is 426 g/mol. The van der Waals surface area contributed by atoms with Crippen LogP contribution in [0.1, 0.15) is 54.3 Å². The van der Waals surface area contributed by atoms with Crippen molar-refractivity contribution in [2.45, 2.75) is 33.6 Å². The molecule has 0 saturated carbocycles. The molecule has 0 atom stereocenters. The molecule has 0 aliphatic heterocycles. The van der Waals surface area contributed by atoms with Crippen molar-refractivity contribution in [1.82, 2.24) is 10.6 Å². The van der Waals surface area contributed by atoms with Crippen LogP contribution < -0.4 is 20.7 Å². The molecular weight excluding hydrogens is 394 g/mol. The van der Waals surface area contributed by atoms with Gasteiger partial charge < -0.3 is 20.7 Å². The number of anilines is 1. The molecule has 3 N–H and O–H groups in total. The lowest BCUT2D eigenvalue weighted by atomic mass is 10.1. The van der Waals surface area contributed by atoms with Crippen LogP contribution in [0.15, 0.2) is 48.5 Å². The lowest BCUT2D eigenvalue weighted by molar-refractivity contribution is -0.116. The summed E-state index contributed by atoms with van der Waals surface area (Å²) in [6.45, 7) is 7.28. The summed E-state index contributed by atoms with van der Waals surface area (Å²) in [6.07, 6.45) is 0.686. The van der Waals surface area contributed by atoms with Gasteiger partial charge in [-0.05, 0) is 43.5 Å². The van der Waals surface area contributed by atoms with Gasteiger partial charge in [-0.25, -0.2) is 0 Å². The highest BCUT2D eigenvalue weighted by Crippen LogP contribution is 2.18. The van der Waals surface area contributed by atoms with Gasteiger partial charge in [0.15, 0.2) is 0 Å². The van der Waals surface area contributed by atoms with E-state index in [9.17, 15) is 14.4 Å². The van der Waals surface area contributed by atoms with Gasteiger partial charge in [0.05, 0.1) is 23.4 Å². The van der Waals surface area contributed by atoms with E-state index in [0.717, 1.165) is 0 Å². The number of amides is 3. The van der Waals surface area contributed by atoms with Gasteiger partial charge in [-0.2, -0.15) is 0 Å². The Labute approximate surface area is 183 Å². The summed E-state index contributed by atoms with van der Waals surface area (Å²) in [5.74, 6) is 0.198. The van der Waals surface area contributed by atoms with Gasteiger partial charge in [0, 0.05) is 19.5 Å². The lowest BCUT2D eigenvalue weighted by Crippen LogP contribution is -2.28. The van der Waals surface area contributed by atoms with Crippen LogP contribution in [0.5, 0.6) is 5.75 Å². The quantitative estimate of drug-likeness (QED) is 0.479. The van der Waals surface area contributed by atoms with E-state index in [2.05, 4.69) is 16.0 Å². The standard InChI is InChI=1S/C24H31N3O4/c1-4-31-21-13-8-6-11-19(21)24(30)25-15-9-14-22(28)27-20-12-7-5-10-18(20)23(29)26-16-17(2)3/h5-8,10-13,17H,4,9,14-16H2,1-3H3,(H,25,30)(H,26,29)(H,27,28). The molecular formula is C24H31N3O4. The van der Waals surface area contributed by atoms with Crippen molar-refractivity contribution in [2.24, 2.45) is 5.92 Å². The highest BCUT2D eigenvalue weighted by molar-refractivity contribution is 6.03. The van der Waals surface area contributed by atoms with E-state index in [0.29, 0.717) is 54.6 Å². The van der Waals surface area contributed by atoms with Gasteiger partial charge in [-0.15, -0.1) is 0 Å². The molecule has 0 aromatic heterocycles. The first-order valence-electron chi connectivity index (χ1n) is 10.6. The first-order valence-corrected chi connectivity index (χ1v) is 10.6. The molecule has 0 bridgehead atoms. The largest absolute Gasteiger partial charge is 0.493 e. The fraction of sp³-hybridized carbons (Fsp3) is 0.375. The second kappa shape index (κ2) is 12.4. The Morgan fingerprint density at radius 3 is 2.26 bits per heavy atom. The zero-order valence-corrected chi connectivity index (χ0v) is 18.4. The predicted octanol–water partition coefficient (Wildman–Crippen LogP) is 3.62. The fourth-order valence-electron chi connectivity index (χ4n) is 2.88. The van der Waals surface area contributed by atoms with E-state index in [1.165, 1.54) is 0 Å².